The number of nitrogens with two attached hydrogens (primary N) is 1. The molecule has 5 nitrogen and oxygen atoms in total. The molecular weight excluding hydrogens is 242 g/mol. The normalized spacial score (nSPS) is 21.1. The van der Waals surface area contributed by atoms with Gasteiger partial charge in [0.15, 0.2) is 5.76 Å². The van der Waals surface area contributed by atoms with Gasteiger partial charge in [-0.1, -0.05) is 12.8 Å². The van der Waals surface area contributed by atoms with E-state index in [0.717, 1.165) is 24.4 Å². The maximum absolute atomic E-state index is 11.5. The number of likely N-dealkylation sites (tertiary alicyclic amines) is 1. The molecule has 1 aromatic heterocycles. The quantitative estimate of drug-likeness (QED) is 0.498. The summed E-state index contributed by atoms with van der Waals surface area (Å²) in [4.78, 5) is 13.9. The number of nitrogens with one attached hydrogen (secondary N) is 1. The van der Waals surface area contributed by atoms with Gasteiger partial charge in [-0.2, -0.15) is 0 Å². The number of amides is 1. The van der Waals surface area contributed by atoms with Gasteiger partial charge in [-0.15, -0.1) is 0 Å². The van der Waals surface area contributed by atoms with E-state index < -0.39 is 0 Å². The largest absolute Gasteiger partial charge is 0.454 e. The van der Waals surface area contributed by atoms with Gasteiger partial charge in [0.1, 0.15) is 5.76 Å². The van der Waals surface area contributed by atoms with E-state index in [4.69, 9.17) is 10.3 Å². The molecule has 1 aliphatic heterocycles. The highest BCUT2D eigenvalue weighted by atomic mass is 16.4. The smallest absolute Gasteiger partial charge is 0.301 e. The molecule has 0 saturated carbocycles. The Hall–Kier alpha value is -1.33. The van der Waals surface area contributed by atoms with E-state index in [1.165, 1.54) is 25.7 Å². The number of furan rings is 1. The molecule has 1 fully saturated rings. The molecular formula is C14H23N3O2. The highest BCUT2D eigenvalue weighted by molar-refractivity contribution is 5.92. The van der Waals surface area contributed by atoms with Crippen LogP contribution in [0.25, 0.3) is 0 Å². The predicted octanol–water partition coefficient (Wildman–Crippen LogP) is 1.96. The van der Waals surface area contributed by atoms with Gasteiger partial charge in [0.05, 0.1) is 6.54 Å². The minimum atomic E-state index is -0.368. The summed E-state index contributed by atoms with van der Waals surface area (Å²) in [5.74, 6) is 5.93. The highest BCUT2D eigenvalue weighted by Crippen LogP contribution is 2.21. The van der Waals surface area contributed by atoms with Gasteiger partial charge in [-0.3, -0.25) is 15.1 Å². The average molecular weight is 265 g/mol. The molecule has 2 heterocycles. The number of aryl methyl sites for hydroxylation is 1. The summed E-state index contributed by atoms with van der Waals surface area (Å²) in [6, 6.07) is 2.50. The molecule has 0 aliphatic carbocycles. The zero-order valence-corrected chi connectivity index (χ0v) is 11.7. The summed E-state index contributed by atoms with van der Waals surface area (Å²) in [6.45, 7) is 5.98. The van der Waals surface area contributed by atoms with Gasteiger partial charge >= 0.3 is 5.91 Å². The van der Waals surface area contributed by atoms with E-state index in [9.17, 15) is 4.79 Å². The molecule has 0 aromatic carbocycles. The van der Waals surface area contributed by atoms with Gasteiger partial charge < -0.3 is 4.42 Å². The van der Waals surface area contributed by atoms with E-state index in [2.05, 4.69) is 17.2 Å². The second kappa shape index (κ2) is 6.21. The number of nitrogen functional groups attached to an aromatic ring is 1. The van der Waals surface area contributed by atoms with E-state index in [0.29, 0.717) is 11.8 Å². The van der Waals surface area contributed by atoms with E-state index in [1.54, 1.807) is 0 Å². The molecule has 0 bridgehead atoms. The van der Waals surface area contributed by atoms with Crippen LogP contribution in [-0.2, 0) is 6.54 Å². The van der Waals surface area contributed by atoms with Gasteiger partial charge in [0.25, 0.3) is 0 Å². The summed E-state index contributed by atoms with van der Waals surface area (Å²) >= 11 is 0. The molecule has 106 valence electrons. The van der Waals surface area contributed by atoms with Crippen molar-refractivity contribution in [3.05, 3.63) is 23.2 Å². The van der Waals surface area contributed by atoms with Crippen molar-refractivity contribution in [2.24, 2.45) is 5.84 Å². The second-order valence-corrected chi connectivity index (χ2v) is 5.37. The Labute approximate surface area is 114 Å². The lowest BCUT2D eigenvalue weighted by Crippen LogP contribution is -2.32. The van der Waals surface area contributed by atoms with Gasteiger partial charge in [0, 0.05) is 11.6 Å². The maximum atomic E-state index is 11.5. The Morgan fingerprint density at radius 2 is 2.32 bits per heavy atom. The summed E-state index contributed by atoms with van der Waals surface area (Å²) in [6.07, 6.45) is 5.07. The fourth-order valence-corrected chi connectivity index (χ4v) is 2.69. The molecule has 1 aliphatic rings. The zero-order valence-electron chi connectivity index (χ0n) is 11.7. The first kappa shape index (κ1) is 14.1. The lowest BCUT2D eigenvalue weighted by molar-refractivity contribution is 0.0920. The standard InChI is InChI=1S/C14H23N3O2/c1-10-8-12(19-13(10)14(18)16-15)9-17-7-5-3-4-6-11(17)2/h8,11H,3-7,9,15H2,1-2H3,(H,16,18). The van der Waals surface area contributed by atoms with Crippen molar-refractivity contribution in [3.63, 3.8) is 0 Å². The van der Waals surface area contributed by atoms with E-state index in [1.807, 2.05) is 13.0 Å². The monoisotopic (exact) mass is 265 g/mol. The second-order valence-electron chi connectivity index (χ2n) is 5.37. The van der Waals surface area contributed by atoms with Crippen LogP contribution in [0.1, 0.15) is 54.5 Å². The minimum absolute atomic E-state index is 0.319. The van der Waals surface area contributed by atoms with Gasteiger partial charge in [0.2, 0.25) is 0 Å². The number of carbonyl (C=O) groups excluding carboxylic acids is 1. The molecule has 1 unspecified atom stereocenters. The van der Waals surface area contributed by atoms with Crippen molar-refractivity contribution in [3.8, 4) is 0 Å². The number of rotatable bonds is 3. The fourth-order valence-electron chi connectivity index (χ4n) is 2.69. The molecule has 2 rings (SSSR count). The van der Waals surface area contributed by atoms with Crippen LogP contribution in [0, 0.1) is 6.92 Å². The van der Waals surface area contributed by atoms with Crippen molar-refractivity contribution >= 4 is 5.91 Å². The Kier molecular flexibility index (Phi) is 4.61. The Balaban J connectivity index is 2.08. The Morgan fingerprint density at radius 1 is 1.53 bits per heavy atom. The zero-order chi connectivity index (χ0) is 13.8. The molecule has 5 heteroatoms. The molecule has 0 spiro atoms. The van der Waals surface area contributed by atoms with Gasteiger partial charge in [-0.05, 0) is 39.3 Å². The third kappa shape index (κ3) is 3.36. The predicted molar refractivity (Wildman–Crippen MR) is 73.4 cm³/mol. The van der Waals surface area contributed by atoms with Crippen LogP contribution < -0.4 is 11.3 Å². The van der Waals surface area contributed by atoms with Crippen LogP contribution in [0.2, 0.25) is 0 Å². The summed E-state index contributed by atoms with van der Waals surface area (Å²) in [5.41, 5.74) is 2.95. The van der Waals surface area contributed by atoms with Crippen LogP contribution in [0.5, 0.6) is 0 Å². The third-order valence-electron chi connectivity index (χ3n) is 3.86. The van der Waals surface area contributed by atoms with Crippen LogP contribution in [0.15, 0.2) is 10.5 Å². The summed E-state index contributed by atoms with van der Waals surface area (Å²) < 4.78 is 5.63. The number of hydrogen-bond donors (Lipinski definition) is 2. The van der Waals surface area contributed by atoms with Crippen LogP contribution in [0.3, 0.4) is 0 Å². The van der Waals surface area contributed by atoms with Crippen molar-refractivity contribution < 1.29 is 9.21 Å². The topological polar surface area (TPSA) is 71.5 Å². The number of hydrogen-bond acceptors (Lipinski definition) is 4. The highest BCUT2D eigenvalue weighted by Gasteiger charge is 2.20. The first-order valence-corrected chi connectivity index (χ1v) is 6.96. The lowest BCUT2D eigenvalue weighted by atomic mass is 10.1. The molecule has 1 aromatic rings. The lowest BCUT2D eigenvalue weighted by Gasteiger charge is -2.25. The van der Waals surface area contributed by atoms with Crippen LogP contribution in [-0.4, -0.2) is 23.4 Å². The average Bonchev–Trinajstić information content (AvgIpc) is 2.64. The minimum Gasteiger partial charge on any atom is -0.454 e. The molecule has 1 atom stereocenters. The van der Waals surface area contributed by atoms with Crippen molar-refractivity contribution in [1.29, 1.82) is 0 Å². The first-order valence-electron chi connectivity index (χ1n) is 6.96. The molecule has 19 heavy (non-hydrogen) atoms. The van der Waals surface area contributed by atoms with Crippen LogP contribution >= 0.6 is 0 Å². The van der Waals surface area contributed by atoms with Crippen molar-refractivity contribution in [2.75, 3.05) is 6.54 Å². The van der Waals surface area contributed by atoms with Gasteiger partial charge in [-0.25, -0.2) is 5.84 Å². The summed E-state index contributed by atoms with van der Waals surface area (Å²) in [5, 5.41) is 0. The molecule has 0 radical (unpaired) electrons. The van der Waals surface area contributed by atoms with Crippen molar-refractivity contribution in [1.82, 2.24) is 10.3 Å². The van der Waals surface area contributed by atoms with E-state index >= 15 is 0 Å². The van der Waals surface area contributed by atoms with E-state index in [-0.39, 0.29) is 5.91 Å². The van der Waals surface area contributed by atoms with Crippen molar-refractivity contribution in [2.45, 2.75) is 52.1 Å². The maximum Gasteiger partial charge on any atom is 0.301 e. The SMILES string of the molecule is Cc1cc(CN2CCCCCC2C)oc1C(=O)NN. The Bertz CT molecular complexity index is 442. The third-order valence-corrected chi connectivity index (χ3v) is 3.86. The summed E-state index contributed by atoms with van der Waals surface area (Å²) in [7, 11) is 0. The number of carbonyl (C=O) groups is 1. The number of nitrogens with zero attached hydrogens (tertiary/aromatic N) is 1. The van der Waals surface area contributed by atoms with Crippen LogP contribution in [0.4, 0.5) is 0 Å². The molecule has 1 saturated heterocycles. The first-order chi connectivity index (χ1) is 9.11. The Morgan fingerprint density at radius 3 is 3.05 bits per heavy atom. The fraction of sp³-hybridized carbons (Fsp3) is 0.643. The number of hydrazine groups is 1. The molecule has 1 amide bonds. The molecule has 3 N–H and O–H groups in total.